The Labute approximate surface area is 114 Å². The molecular formula is C12H15ClF3N3. The van der Waals surface area contributed by atoms with E-state index in [1.165, 1.54) is 11.1 Å². The van der Waals surface area contributed by atoms with E-state index < -0.39 is 12.7 Å². The fourth-order valence-electron chi connectivity index (χ4n) is 1.93. The van der Waals surface area contributed by atoms with Gasteiger partial charge in [-0.05, 0) is 31.5 Å². The van der Waals surface area contributed by atoms with Crippen molar-refractivity contribution in [1.82, 2.24) is 10.3 Å². The SMILES string of the molecule is CNCc1cc(N(CC(F)(F)F)C2CC2)ncc1Cl. The third-order valence-corrected chi connectivity index (χ3v) is 3.26. The Morgan fingerprint density at radius 3 is 2.68 bits per heavy atom. The lowest BCUT2D eigenvalue weighted by atomic mass is 10.2. The lowest BCUT2D eigenvalue weighted by molar-refractivity contribution is -0.120. The van der Waals surface area contributed by atoms with Crippen molar-refractivity contribution < 1.29 is 13.2 Å². The first-order valence-electron chi connectivity index (χ1n) is 6.03. The summed E-state index contributed by atoms with van der Waals surface area (Å²) in [6.45, 7) is -0.468. The quantitative estimate of drug-likeness (QED) is 0.904. The van der Waals surface area contributed by atoms with Crippen LogP contribution in [0.25, 0.3) is 0 Å². The van der Waals surface area contributed by atoms with E-state index >= 15 is 0 Å². The van der Waals surface area contributed by atoms with Gasteiger partial charge in [0.1, 0.15) is 12.4 Å². The van der Waals surface area contributed by atoms with E-state index in [4.69, 9.17) is 11.6 Å². The standard InChI is InChI=1S/C12H15ClF3N3/c1-17-5-8-4-11(18-6-10(8)13)19(9-2-3-9)7-12(14,15)16/h4,6,9,17H,2-3,5,7H2,1H3. The van der Waals surface area contributed by atoms with Gasteiger partial charge in [-0.1, -0.05) is 11.6 Å². The summed E-state index contributed by atoms with van der Waals surface area (Å²) in [5.41, 5.74) is 0.752. The number of hydrogen-bond acceptors (Lipinski definition) is 3. The highest BCUT2D eigenvalue weighted by molar-refractivity contribution is 6.31. The van der Waals surface area contributed by atoms with Crippen LogP contribution in [0.2, 0.25) is 5.02 Å². The van der Waals surface area contributed by atoms with Gasteiger partial charge >= 0.3 is 6.18 Å². The molecule has 106 valence electrons. The molecule has 1 heterocycles. The number of halogens is 4. The topological polar surface area (TPSA) is 28.2 Å². The van der Waals surface area contributed by atoms with Gasteiger partial charge in [-0.3, -0.25) is 0 Å². The number of pyridine rings is 1. The molecule has 1 aliphatic rings. The van der Waals surface area contributed by atoms with Crippen molar-refractivity contribution >= 4 is 17.4 Å². The monoisotopic (exact) mass is 293 g/mol. The maximum atomic E-state index is 12.6. The van der Waals surface area contributed by atoms with Crippen molar-refractivity contribution in [1.29, 1.82) is 0 Å². The second kappa shape index (κ2) is 5.54. The molecular weight excluding hydrogens is 279 g/mol. The van der Waals surface area contributed by atoms with E-state index in [0.29, 0.717) is 17.4 Å². The predicted octanol–water partition coefficient (Wildman–Crippen LogP) is 2.99. The minimum atomic E-state index is -4.23. The summed E-state index contributed by atoms with van der Waals surface area (Å²) in [6, 6.07) is 1.57. The highest BCUT2D eigenvalue weighted by Crippen LogP contribution is 2.34. The summed E-state index contributed by atoms with van der Waals surface area (Å²) in [5.74, 6) is 0.342. The Morgan fingerprint density at radius 1 is 1.47 bits per heavy atom. The summed E-state index contributed by atoms with van der Waals surface area (Å²) >= 11 is 5.96. The summed E-state index contributed by atoms with van der Waals surface area (Å²) in [4.78, 5) is 5.35. The molecule has 0 amide bonds. The zero-order valence-corrected chi connectivity index (χ0v) is 11.2. The van der Waals surface area contributed by atoms with E-state index in [2.05, 4.69) is 10.3 Å². The highest BCUT2D eigenvalue weighted by atomic mass is 35.5. The van der Waals surface area contributed by atoms with Crippen LogP contribution in [0.15, 0.2) is 12.3 Å². The number of hydrogen-bond donors (Lipinski definition) is 1. The van der Waals surface area contributed by atoms with Gasteiger partial charge in [0.05, 0.1) is 5.02 Å². The molecule has 0 spiro atoms. The summed E-state index contributed by atoms with van der Waals surface area (Å²) in [5, 5.41) is 3.39. The average molecular weight is 294 g/mol. The van der Waals surface area contributed by atoms with Crippen molar-refractivity contribution in [2.24, 2.45) is 0 Å². The van der Waals surface area contributed by atoms with Crippen LogP contribution in [-0.4, -0.2) is 30.8 Å². The third kappa shape index (κ3) is 3.98. The number of nitrogens with one attached hydrogen (secondary N) is 1. The van der Waals surface area contributed by atoms with E-state index in [1.807, 2.05) is 0 Å². The summed E-state index contributed by atoms with van der Waals surface area (Å²) < 4.78 is 37.8. The number of alkyl halides is 3. The Bertz CT molecular complexity index is 446. The molecule has 1 fully saturated rings. The summed E-state index contributed by atoms with van der Waals surface area (Å²) in [7, 11) is 1.75. The van der Waals surface area contributed by atoms with Crippen molar-refractivity contribution in [3.05, 3.63) is 22.8 Å². The van der Waals surface area contributed by atoms with Crippen LogP contribution in [0.4, 0.5) is 19.0 Å². The second-order valence-corrected chi connectivity index (χ2v) is 5.05. The molecule has 1 aliphatic carbocycles. The van der Waals surface area contributed by atoms with Crippen molar-refractivity contribution in [3.8, 4) is 0 Å². The smallest absolute Gasteiger partial charge is 0.345 e. The zero-order chi connectivity index (χ0) is 14.0. The Kier molecular flexibility index (Phi) is 4.20. The van der Waals surface area contributed by atoms with Crippen LogP contribution < -0.4 is 10.2 Å². The molecule has 7 heteroatoms. The Balaban J connectivity index is 2.24. The molecule has 1 saturated carbocycles. The number of rotatable bonds is 5. The Hall–Kier alpha value is -1.01. The number of anilines is 1. The normalized spacial score (nSPS) is 15.6. The molecule has 0 bridgehead atoms. The first-order valence-corrected chi connectivity index (χ1v) is 6.41. The van der Waals surface area contributed by atoms with Crippen molar-refractivity contribution in [2.75, 3.05) is 18.5 Å². The lowest BCUT2D eigenvalue weighted by Gasteiger charge is -2.25. The molecule has 0 unspecified atom stereocenters. The molecule has 0 radical (unpaired) electrons. The number of nitrogens with zero attached hydrogens (tertiary/aromatic N) is 2. The lowest BCUT2D eigenvalue weighted by Crippen LogP contribution is -2.36. The first kappa shape index (κ1) is 14.4. The van der Waals surface area contributed by atoms with Crippen LogP contribution in [0, 0.1) is 0 Å². The van der Waals surface area contributed by atoms with Gasteiger partial charge < -0.3 is 10.2 Å². The zero-order valence-electron chi connectivity index (χ0n) is 10.5. The van der Waals surface area contributed by atoms with E-state index in [0.717, 1.165) is 18.4 Å². The van der Waals surface area contributed by atoms with Crippen LogP contribution in [0.3, 0.4) is 0 Å². The third-order valence-electron chi connectivity index (χ3n) is 2.92. The van der Waals surface area contributed by atoms with Gasteiger partial charge in [0.2, 0.25) is 0 Å². The molecule has 0 atom stereocenters. The highest BCUT2D eigenvalue weighted by Gasteiger charge is 2.38. The molecule has 0 aromatic carbocycles. The van der Waals surface area contributed by atoms with E-state index in [9.17, 15) is 13.2 Å². The second-order valence-electron chi connectivity index (χ2n) is 4.64. The molecule has 3 nitrogen and oxygen atoms in total. The van der Waals surface area contributed by atoms with Gasteiger partial charge in [-0.25, -0.2) is 4.98 Å². The van der Waals surface area contributed by atoms with Gasteiger partial charge in [0, 0.05) is 18.8 Å². The molecule has 19 heavy (non-hydrogen) atoms. The minimum Gasteiger partial charge on any atom is -0.345 e. The summed E-state index contributed by atoms with van der Waals surface area (Å²) in [6.07, 6.45) is -1.26. The maximum absolute atomic E-state index is 12.6. The first-order chi connectivity index (χ1) is 8.90. The predicted molar refractivity (Wildman–Crippen MR) is 68.4 cm³/mol. The number of aromatic nitrogens is 1. The van der Waals surface area contributed by atoms with Crippen LogP contribution in [0.5, 0.6) is 0 Å². The average Bonchev–Trinajstić information content (AvgIpc) is 3.12. The van der Waals surface area contributed by atoms with Gasteiger partial charge in [-0.15, -0.1) is 0 Å². The minimum absolute atomic E-state index is 0.0577. The van der Waals surface area contributed by atoms with Crippen LogP contribution >= 0.6 is 11.6 Å². The van der Waals surface area contributed by atoms with Gasteiger partial charge in [0.25, 0.3) is 0 Å². The fourth-order valence-corrected chi connectivity index (χ4v) is 2.10. The van der Waals surface area contributed by atoms with Crippen molar-refractivity contribution in [2.45, 2.75) is 31.6 Å². The molecule has 2 rings (SSSR count). The van der Waals surface area contributed by atoms with Crippen molar-refractivity contribution in [3.63, 3.8) is 0 Å². The molecule has 0 saturated heterocycles. The fraction of sp³-hybridized carbons (Fsp3) is 0.583. The largest absolute Gasteiger partial charge is 0.405 e. The van der Waals surface area contributed by atoms with E-state index in [1.54, 1.807) is 13.1 Å². The molecule has 1 aromatic rings. The molecule has 1 N–H and O–H groups in total. The molecule has 0 aliphatic heterocycles. The van der Waals surface area contributed by atoms with Gasteiger partial charge in [0.15, 0.2) is 0 Å². The maximum Gasteiger partial charge on any atom is 0.405 e. The van der Waals surface area contributed by atoms with Crippen LogP contribution in [-0.2, 0) is 6.54 Å². The Morgan fingerprint density at radius 2 is 2.16 bits per heavy atom. The van der Waals surface area contributed by atoms with E-state index in [-0.39, 0.29) is 6.04 Å². The molecule has 1 aromatic heterocycles. The van der Waals surface area contributed by atoms with Crippen LogP contribution in [0.1, 0.15) is 18.4 Å². The van der Waals surface area contributed by atoms with Gasteiger partial charge in [-0.2, -0.15) is 13.2 Å².